The molecule has 0 aromatic heterocycles. The van der Waals surface area contributed by atoms with Crippen LogP contribution in [0, 0.1) is 0 Å². The fraction of sp³-hybridized carbons (Fsp3) is 0.250. The zero-order valence-electron chi connectivity index (χ0n) is 14.9. The number of likely N-dealkylation sites (tertiary alicyclic amines) is 1. The monoisotopic (exact) mass is 352 g/mol. The molecule has 2 aromatic carbocycles. The third kappa shape index (κ3) is 2.94. The molecule has 0 unspecified atom stereocenters. The van der Waals surface area contributed by atoms with Crippen LogP contribution in [-0.2, 0) is 9.59 Å². The Morgan fingerprint density at radius 2 is 1.65 bits per heavy atom. The average molecular weight is 352 g/mol. The third-order valence-corrected chi connectivity index (χ3v) is 4.71. The number of ether oxygens (including phenoxy) is 1. The van der Waals surface area contributed by atoms with Gasteiger partial charge in [-0.05, 0) is 37.1 Å². The Kier molecular flexibility index (Phi) is 4.50. The summed E-state index contributed by atoms with van der Waals surface area (Å²) >= 11 is 0. The highest BCUT2D eigenvalue weighted by atomic mass is 16.6. The number of carbonyl (C=O) groups excluding carboxylic acids is 3. The van der Waals surface area contributed by atoms with E-state index in [4.69, 9.17) is 4.74 Å². The van der Waals surface area contributed by atoms with E-state index in [-0.39, 0.29) is 0 Å². The maximum Gasteiger partial charge on any atom is 0.415 e. The fourth-order valence-corrected chi connectivity index (χ4v) is 3.24. The van der Waals surface area contributed by atoms with Gasteiger partial charge in [0, 0.05) is 7.05 Å². The molecule has 0 N–H and O–H groups in total. The van der Waals surface area contributed by atoms with E-state index in [1.165, 1.54) is 11.9 Å². The number of imide groups is 1. The van der Waals surface area contributed by atoms with Crippen molar-refractivity contribution in [2.75, 3.05) is 7.05 Å². The Labute approximate surface area is 152 Å². The minimum absolute atomic E-state index is 0.387. The second kappa shape index (κ2) is 6.63. The molecule has 6 heteroatoms. The van der Waals surface area contributed by atoms with Gasteiger partial charge in [0.25, 0.3) is 5.91 Å². The lowest BCUT2D eigenvalue weighted by molar-refractivity contribution is -0.169. The number of β-lactam (4-membered cyclic amide) rings is 1. The normalized spacial score (nSPS) is 18.0. The molecule has 134 valence electrons. The SMILES string of the molecule is CN(C(=O)Oc1ccc(-c2ccccc2)cc1)[C@H]1C(=O)N(C=O)C1(C)C. The van der Waals surface area contributed by atoms with Crippen molar-refractivity contribution in [1.82, 2.24) is 9.80 Å². The Morgan fingerprint density at radius 3 is 2.19 bits per heavy atom. The number of amides is 3. The summed E-state index contributed by atoms with van der Waals surface area (Å²) in [5.41, 5.74) is 1.32. The molecular weight excluding hydrogens is 332 g/mol. The van der Waals surface area contributed by atoms with Crippen LogP contribution in [0.15, 0.2) is 54.6 Å². The molecule has 0 saturated carbocycles. The van der Waals surface area contributed by atoms with Crippen molar-refractivity contribution >= 4 is 18.4 Å². The number of hydrogen-bond acceptors (Lipinski definition) is 4. The molecular formula is C20H20N2O4. The highest BCUT2D eigenvalue weighted by Crippen LogP contribution is 2.34. The number of carbonyl (C=O) groups is 3. The largest absolute Gasteiger partial charge is 0.415 e. The molecule has 0 spiro atoms. The van der Waals surface area contributed by atoms with Crippen LogP contribution in [0.2, 0.25) is 0 Å². The van der Waals surface area contributed by atoms with Crippen LogP contribution in [-0.4, -0.2) is 46.8 Å². The molecule has 0 bridgehead atoms. The van der Waals surface area contributed by atoms with Gasteiger partial charge >= 0.3 is 6.09 Å². The van der Waals surface area contributed by atoms with E-state index >= 15 is 0 Å². The van der Waals surface area contributed by atoms with E-state index in [9.17, 15) is 14.4 Å². The summed E-state index contributed by atoms with van der Waals surface area (Å²) in [5, 5.41) is 0. The molecule has 1 aliphatic rings. The van der Waals surface area contributed by atoms with E-state index in [2.05, 4.69) is 0 Å². The van der Waals surface area contributed by atoms with Gasteiger partial charge < -0.3 is 4.74 Å². The van der Waals surface area contributed by atoms with Crippen LogP contribution in [0.4, 0.5) is 4.79 Å². The highest BCUT2D eigenvalue weighted by molar-refractivity contribution is 6.00. The molecule has 6 nitrogen and oxygen atoms in total. The van der Waals surface area contributed by atoms with Gasteiger partial charge in [0.15, 0.2) is 0 Å². The summed E-state index contributed by atoms with van der Waals surface area (Å²) in [6, 6.07) is 16.3. The number of nitrogens with zero attached hydrogens (tertiary/aromatic N) is 2. The quantitative estimate of drug-likeness (QED) is 0.627. The van der Waals surface area contributed by atoms with Crippen LogP contribution in [0.25, 0.3) is 11.1 Å². The van der Waals surface area contributed by atoms with Crippen molar-refractivity contribution in [2.45, 2.75) is 25.4 Å². The first kappa shape index (κ1) is 17.7. The molecule has 1 fully saturated rings. The van der Waals surface area contributed by atoms with Gasteiger partial charge in [-0.2, -0.15) is 0 Å². The molecule has 1 saturated heterocycles. The van der Waals surface area contributed by atoms with Gasteiger partial charge in [0.1, 0.15) is 11.8 Å². The molecule has 2 aromatic rings. The van der Waals surface area contributed by atoms with E-state index in [1.54, 1.807) is 26.0 Å². The summed E-state index contributed by atoms with van der Waals surface area (Å²) in [5.74, 6) is -0.0257. The van der Waals surface area contributed by atoms with Gasteiger partial charge in [-0.25, -0.2) is 4.79 Å². The predicted octanol–water partition coefficient (Wildman–Crippen LogP) is 2.93. The summed E-state index contributed by atoms with van der Waals surface area (Å²) in [4.78, 5) is 37.7. The second-order valence-corrected chi connectivity index (χ2v) is 6.74. The molecule has 0 aliphatic carbocycles. The summed E-state index contributed by atoms with van der Waals surface area (Å²) in [6.45, 7) is 3.46. The number of hydrogen-bond donors (Lipinski definition) is 0. The first-order valence-electron chi connectivity index (χ1n) is 8.25. The zero-order chi connectivity index (χ0) is 18.9. The van der Waals surface area contributed by atoms with Crippen molar-refractivity contribution < 1.29 is 19.1 Å². The van der Waals surface area contributed by atoms with E-state index in [0.717, 1.165) is 16.0 Å². The number of rotatable bonds is 4. The minimum Gasteiger partial charge on any atom is -0.410 e. The van der Waals surface area contributed by atoms with Crippen molar-refractivity contribution in [2.24, 2.45) is 0 Å². The molecule has 26 heavy (non-hydrogen) atoms. The fourth-order valence-electron chi connectivity index (χ4n) is 3.24. The summed E-state index contributed by atoms with van der Waals surface area (Å²) in [6.07, 6.45) is -0.158. The molecule has 0 radical (unpaired) electrons. The second-order valence-electron chi connectivity index (χ2n) is 6.74. The molecule has 1 aliphatic heterocycles. The standard InChI is InChI=1S/C20H20N2O4/c1-20(2)17(18(24)22(20)13-23)21(3)19(25)26-16-11-9-15(10-12-16)14-7-5-4-6-8-14/h4-13,17H,1-3H3/t17-/m0/s1. The lowest BCUT2D eigenvalue weighted by atomic mass is 9.82. The Morgan fingerprint density at radius 1 is 1.08 bits per heavy atom. The summed E-state index contributed by atoms with van der Waals surface area (Å²) in [7, 11) is 1.49. The van der Waals surface area contributed by atoms with Gasteiger partial charge in [-0.1, -0.05) is 42.5 Å². The lowest BCUT2D eigenvalue weighted by Gasteiger charge is -2.53. The zero-order valence-corrected chi connectivity index (χ0v) is 14.9. The van der Waals surface area contributed by atoms with Crippen LogP contribution in [0.5, 0.6) is 5.75 Å². The number of likely N-dealkylation sites (N-methyl/N-ethyl adjacent to an activating group) is 1. The van der Waals surface area contributed by atoms with Crippen LogP contribution >= 0.6 is 0 Å². The Hall–Kier alpha value is -3.15. The minimum atomic E-state index is -0.760. The maximum absolute atomic E-state index is 12.4. The van der Waals surface area contributed by atoms with Gasteiger partial charge in [-0.3, -0.25) is 19.4 Å². The van der Waals surface area contributed by atoms with Gasteiger partial charge in [0.2, 0.25) is 6.41 Å². The van der Waals surface area contributed by atoms with Crippen molar-refractivity contribution in [1.29, 1.82) is 0 Å². The first-order chi connectivity index (χ1) is 12.4. The topological polar surface area (TPSA) is 66.9 Å². The highest BCUT2D eigenvalue weighted by Gasteiger charge is 2.57. The first-order valence-corrected chi connectivity index (χ1v) is 8.25. The van der Waals surface area contributed by atoms with Crippen LogP contribution in [0.3, 0.4) is 0 Å². The predicted molar refractivity (Wildman–Crippen MR) is 96.4 cm³/mol. The van der Waals surface area contributed by atoms with E-state index in [0.29, 0.717) is 12.2 Å². The molecule has 1 atom stereocenters. The van der Waals surface area contributed by atoms with Crippen LogP contribution < -0.4 is 4.74 Å². The van der Waals surface area contributed by atoms with E-state index < -0.39 is 23.6 Å². The maximum atomic E-state index is 12.4. The molecule has 3 rings (SSSR count). The average Bonchev–Trinajstić information content (AvgIpc) is 2.63. The Bertz CT molecular complexity index is 831. The van der Waals surface area contributed by atoms with Crippen LogP contribution in [0.1, 0.15) is 13.8 Å². The van der Waals surface area contributed by atoms with Gasteiger partial charge in [0.05, 0.1) is 5.54 Å². The van der Waals surface area contributed by atoms with E-state index in [1.807, 2.05) is 42.5 Å². The number of benzene rings is 2. The Balaban J connectivity index is 1.68. The van der Waals surface area contributed by atoms with Crippen molar-refractivity contribution in [3.8, 4) is 16.9 Å². The lowest BCUT2D eigenvalue weighted by Crippen LogP contribution is -2.76. The van der Waals surface area contributed by atoms with Gasteiger partial charge in [-0.15, -0.1) is 0 Å². The smallest absolute Gasteiger partial charge is 0.410 e. The third-order valence-electron chi connectivity index (χ3n) is 4.71. The molecule has 3 amide bonds. The van der Waals surface area contributed by atoms with Crippen molar-refractivity contribution in [3.63, 3.8) is 0 Å². The van der Waals surface area contributed by atoms with Crippen molar-refractivity contribution in [3.05, 3.63) is 54.6 Å². The molecule has 1 heterocycles. The summed E-state index contributed by atoms with van der Waals surface area (Å²) < 4.78 is 5.36.